The molecule has 2 rings (SSSR count). The summed E-state index contributed by atoms with van der Waals surface area (Å²) in [5, 5.41) is 11.6. The largest absolute Gasteiger partial charge is 0.478 e. The number of rotatable bonds is 6. The standard InChI is InChI=1S/C18H17NO4/c1-2-11-23-18(22)19-12-15-5-3-4-6-16(15)13-7-9-14(10-8-13)17(20)21/h2-10H,1,11-12H2,(H,19,22)(H,20,21). The zero-order valence-corrected chi connectivity index (χ0v) is 12.5. The summed E-state index contributed by atoms with van der Waals surface area (Å²) in [6.07, 6.45) is 0.985. The highest BCUT2D eigenvalue weighted by Crippen LogP contribution is 2.24. The van der Waals surface area contributed by atoms with Gasteiger partial charge in [-0.15, -0.1) is 0 Å². The average molecular weight is 311 g/mol. The summed E-state index contributed by atoms with van der Waals surface area (Å²) in [4.78, 5) is 22.4. The maximum Gasteiger partial charge on any atom is 0.407 e. The molecule has 0 aromatic heterocycles. The highest BCUT2D eigenvalue weighted by atomic mass is 16.5. The fraction of sp³-hybridized carbons (Fsp3) is 0.111. The van der Waals surface area contributed by atoms with Gasteiger partial charge in [-0.2, -0.15) is 0 Å². The van der Waals surface area contributed by atoms with E-state index in [9.17, 15) is 9.59 Å². The lowest BCUT2D eigenvalue weighted by Gasteiger charge is -2.11. The molecule has 0 unspecified atom stereocenters. The number of benzene rings is 2. The molecule has 0 saturated carbocycles. The number of carboxylic acid groups (broad SMARTS) is 1. The fourth-order valence-corrected chi connectivity index (χ4v) is 2.10. The number of hydrogen-bond acceptors (Lipinski definition) is 3. The minimum Gasteiger partial charge on any atom is -0.478 e. The topological polar surface area (TPSA) is 75.6 Å². The molecule has 0 saturated heterocycles. The number of carbonyl (C=O) groups is 2. The lowest BCUT2D eigenvalue weighted by atomic mass is 9.98. The van der Waals surface area contributed by atoms with Crippen LogP contribution in [0, 0.1) is 0 Å². The Morgan fingerprint density at radius 3 is 2.48 bits per heavy atom. The monoisotopic (exact) mass is 311 g/mol. The molecule has 0 spiro atoms. The number of ether oxygens (including phenoxy) is 1. The van der Waals surface area contributed by atoms with Crippen LogP contribution in [0.5, 0.6) is 0 Å². The van der Waals surface area contributed by atoms with Crippen molar-refractivity contribution in [3.63, 3.8) is 0 Å². The first-order valence-corrected chi connectivity index (χ1v) is 7.05. The minimum absolute atomic E-state index is 0.157. The van der Waals surface area contributed by atoms with Gasteiger partial charge in [0.2, 0.25) is 0 Å². The molecule has 0 heterocycles. The zero-order valence-electron chi connectivity index (χ0n) is 12.5. The van der Waals surface area contributed by atoms with Gasteiger partial charge in [0.15, 0.2) is 0 Å². The lowest BCUT2D eigenvalue weighted by Crippen LogP contribution is -2.24. The molecule has 0 atom stereocenters. The summed E-state index contributed by atoms with van der Waals surface area (Å²) in [6.45, 7) is 3.95. The minimum atomic E-state index is -0.962. The van der Waals surface area contributed by atoms with Crippen molar-refractivity contribution in [2.24, 2.45) is 0 Å². The fourth-order valence-electron chi connectivity index (χ4n) is 2.10. The summed E-state index contributed by atoms with van der Waals surface area (Å²) in [5.41, 5.74) is 2.95. The van der Waals surface area contributed by atoms with E-state index in [1.807, 2.05) is 24.3 Å². The van der Waals surface area contributed by atoms with E-state index >= 15 is 0 Å². The predicted octanol–water partition coefficient (Wildman–Crippen LogP) is 3.46. The van der Waals surface area contributed by atoms with Crippen molar-refractivity contribution in [1.29, 1.82) is 0 Å². The number of aromatic carboxylic acids is 1. The summed E-state index contributed by atoms with van der Waals surface area (Å²) in [7, 11) is 0. The van der Waals surface area contributed by atoms with Gasteiger partial charge in [-0.05, 0) is 28.8 Å². The normalized spacial score (nSPS) is 9.91. The van der Waals surface area contributed by atoms with Crippen molar-refractivity contribution in [3.05, 3.63) is 72.3 Å². The molecule has 0 fully saturated rings. The first kappa shape index (κ1) is 16.3. The van der Waals surface area contributed by atoms with E-state index < -0.39 is 12.1 Å². The third kappa shape index (κ3) is 4.44. The maximum atomic E-state index is 11.5. The van der Waals surface area contributed by atoms with Gasteiger partial charge < -0.3 is 15.2 Å². The Balaban J connectivity index is 2.15. The van der Waals surface area contributed by atoms with Gasteiger partial charge in [-0.25, -0.2) is 9.59 Å². The van der Waals surface area contributed by atoms with Crippen molar-refractivity contribution in [2.75, 3.05) is 6.61 Å². The highest BCUT2D eigenvalue weighted by molar-refractivity contribution is 5.88. The summed E-state index contributed by atoms with van der Waals surface area (Å²) in [6, 6.07) is 14.2. The third-order valence-corrected chi connectivity index (χ3v) is 3.22. The van der Waals surface area contributed by atoms with Crippen LogP contribution in [0.3, 0.4) is 0 Å². The molecule has 0 bridgehead atoms. The van der Waals surface area contributed by atoms with Gasteiger partial charge in [0, 0.05) is 6.54 Å². The van der Waals surface area contributed by atoms with Crippen molar-refractivity contribution in [2.45, 2.75) is 6.54 Å². The molecular formula is C18H17NO4. The van der Waals surface area contributed by atoms with E-state index in [1.165, 1.54) is 6.08 Å². The molecule has 0 aliphatic carbocycles. The van der Waals surface area contributed by atoms with Gasteiger partial charge in [0.25, 0.3) is 0 Å². The molecule has 0 aliphatic rings. The molecule has 2 aromatic carbocycles. The van der Waals surface area contributed by atoms with E-state index in [1.54, 1.807) is 24.3 Å². The SMILES string of the molecule is C=CCOC(=O)NCc1ccccc1-c1ccc(C(=O)O)cc1. The van der Waals surface area contributed by atoms with Gasteiger partial charge in [-0.1, -0.05) is 49.1 Å². The number of alkyl carbamates (subject to hydrolysis) is 1. The zero-order chi connectivity index (χ0) is 16.7. The Hall–Kier alpha value is -3.08. The second-order valence-corrected chi connectivity index (χ2v) is 4.78. The lowest BCUT2D eigenvalue weighted by molar-refractivity contribution is 0.0697. The van der Waals surface area contributed by atoms with E-state index in [4.69, 9.17) is 9.84 Å². The number of carbonyl (C=O) groups excluding carboxylic acids is 1. The average Bonchev–Trinajstić information content (AvgIpc) is 2.58. The quantitative estimate of drug-likeness (QED) is 0.801. The third-order valence-electron chi connectivity index (χ3n) is 3.22. The van der Waals surface area contributed by atoms with E-state index in [2.05, 4.69) is 11.9 Å². The van der Waals surface area contributed by atoms with Crippen molar-refractivity contribution in [3.8, 4) is 11.1 Å². The molecule has 2 aromatic rings. The first-order chi connectivity index (χ1) is 11.1. The number of carboxylic acids is 1. The van der Waals surface area contributed by atoms with Crippen molar-refractivity contribution < 1.29 is 19.4 Å². The summed E-state index contributed by atoms with van der Waals surface area (Å²) < 4.78 is 4.87. The van der Waals surface area contributed by atoms with Crippen LogP contribution < -0.4 is 5.32 Å². The molecule has 0 aliphatic heterocycles. The van der Waals surface area contributed by atoms with Crippen molar-refractivity contribution >= 4 is 12.1 Å². The molecular weight excluding hydrogens is 294 g/mol. The Morgan fingerprint density at radius 1 is 1.13 bits per heavy atom. The molecule has 1 amide bonds. The van der Waals surface area contributed by atoms with Crippen LogP contribution in [-0.2, 0) is 11.3 Å². The number of amides is 1. The van der Waals surface area contributed by atoms with E-state index in [-0.39, 0.29) is 12.2 Å². The van der Waals surface area contributed by atoms with Gasteiger partial charge in [0.1, 0.15) is 6.61 Å². The van der Waals surface area contributed by atoms with Crippen LogP contribution in [-0.4, -0.2) is 23.8 Å². The number of nitrogens with one attached hydrogen (secondary N) is 1. The first-order valence-electron chi connectivity index (χ1n) is 7.05. The highest BCUT2D eigenvalue weighted by Gasteiger charge is 2.08. The van der Waals surface area contributed by atoms with Crippen molar-refractivity contribution in [1.82, 2.24) is 5.32 Å². The summed E-state index contributed by atoms with van der Waals surface area (Å²) >= 11 is 0. The van der Waals surface area contributed by atoms with Crippen LogP contribution in [0.4, 0.5) is 4.79 Å². The Labute approximate surface area is 134 Å². The molecule has 5 heteroatoms. The Morgan fingerprint density at radius 2 is 1.83 bits per heavy atom. The van der Waals surface area contributed by atoms with Crippen LogP contribution in [0.2, 0.25) is 0 Å². The molecule has 0 radical (unpaired) electrons. The Bertz CT molecular complexity index is 707. The molecule has 23 heavy (non-hydrogen) atoms. The van der Waals surface area contributed by atoms with Gasteiger partial charge in [0.05, 0.1) is 5.56 Å². The maximum absolute atomic E-state index is 11.5. The summed E-state index contributed by atoms with van der Waals surface area (Å²) in [5.74, 6) is -0.962. The second kappa shape index (κ2) is 7.79. The smallest absolute Gasteiger partial charge is 0.407 e. The Kier molecular flexibility index (Phi) is 5.52. The molecule has 5 nitrogen and oxygen atoms in total. The number of hydrogen-bond donors (Lipinski definition) is 2. The van der Waals surface area contributed by atoms with Crippen LogP contribution in [0.15, 0.2) is 61.2 Å². The van der Waals surface area contributed by atoms with Crippen LogP contribution >= 0.6 is 0 Å². The molecule has 2 N–H and O–H groups in total. The van der Waals surface area contributed by atoms with Crippen LogP contribution in [0.25, 0.3) is 11.1 Å². The van der Waals surface area contributed by atoms with Crippen LogP contribution in [0.1, 0.15) is 15.9 Å². The van der Waals surface area contributed by atoms with Gasteiger partial charge >= 0.3 is 12.1 Å². The second-order valence-electron chi connectivity index (χ2n) is 4.78. The predicted molar refractivity (Wildman–Crippen MR) is 87.2 cm³/mol. The van der Waals surface area contributed by atoms with E-state index in [0.717, 1.165) is 16.7 Å². The van der Waals surface area contributed by atoms with Gasteiger partial charge in [-0.3, -0.25) is 0 Å². The molecule has 118 valence electrons. The van der Waals surface area contributed by atoms with E-state index in [0.29, 0.717) is 6.54 Å².